The maximum atomic E-state index is 13.5. The number of pyridine rings is 1. The number of hydrogen-bond acceptors (Lipinski definition) is 14. The molecule has 2 fully saturated rings. The molecule has 18 heteroatoms. The van der Waals surface area contributed by atoms with Gasteiger partial charge in [-0.3, -0.25) is 33.9 Å². The second-order valence-corrected chi connectivity index (χ2v) is 22.4. The largest absolute Gasteiger partial charge is 0.391 e. The van der Waals surface area contributed by atoms with Gasteiger partial charge in [0.15, 0.2) is 5.78 Å². The summed E-state index contributed by atoms with van der Waals surface area (Å²) in [5.41, 5.74) is 11.1. The molecule has 2 aliphatic rings. The van der Waals surface area contributed by atoms with E-state index in [9.17, 15) is 29.1 Å². The lowest BCUT2D eigenvalue weighted by Crippen LogP contribution is -2.57. The van der Waals surface area contributed by atoms with Crippen LogP contribution in [0.5, 0.6) is 0 Å². The summed E-state index contributed by atoms with van der Waals surface area (Å²) in [6.07, 6.45) is 7.14. The standard InChI is InChI=1S/C36H41N5O3.C26H36N4O5S/c1-3-20-44-21-13-36(43)41-18-16-40(17-19-41)26-28-8-10-30(11-9-28)34(42)23-29-7-6-27(2)32(22-29)24-35-38-15-12-33(39-35)31-5-4-14-37-25-31;1-16-22(36-15-28-16)18-8-6-17(7-9-18)13-27-24(33)20-12-19(31)14-30(20)25(34)23(26(2,3)4)29-21(32)10-11-35-5/h4-12,14-15,22,25H,3,13,16-21,23-24,26H2,1-2H3;6-9,15,19-20,23,31H,10-14H2,1-5H3,(H,27,33)(H,29,32)/t;19-,20+,23-/m.1/s1. The number of β-amino-alcohol motifs (C(OH)–C–C–N with tert-alkyl or cyclic N) is 1. The highest BCUT2D eigenvalue weighted by Gasteiger charge is 2.44. The smallest absolute Gasteiger partial charge is 0.246 e. The van der Waals surface area contributed by atoms with Crippen molar-refractivity contribution in [3.8, 4) is 21.7 Å². The predicted octanol–water partition coefficient (Wildman–Crippen LogP) is 7.59. The molecule has 3 aromatic carbocycles. The van der Waals surface area contributed by atoms with E-state index < -0.39 is 23.6 Å². The number of thiazole rings is 1. The zero-order valence-corrected chi connectivity index (χ0v) is 48.1. The van der Waals surface area contributed by atoms with Gasteiger partial charge in [-0.05, 0) is 77.3 Å². The number of amides is 4. The number of rotatable bonds is 22. The molecule has 0 radical (unpaired) electrons. The number of aromatic nitrogens is 4. The van der Waals surface area contributed by atoms with Gasteiger partial charge >= 0.3 is 0 Å². The highest BCUT2D eigenvalue weighted by atomic mass is 32.1. The number of ketones is 1. The summed E-state index contributed by atoms with van der Waals surface area (Å²) in [6.45, 7) is 17.4. The number of hydrogen-bond donors (Lipinski definition) is 3. The molecule has 6 aromatic rings. The molecule has 2 saturated heterocycles. The number of ether oxygens (including phenoxy) is 2. The van der Waals surface area contributed by atoms with Crippen molar-refractivity contribution in [2.45, 2.75) is 111 Å². The molecular weight excluding hydrogens is 1030 g/mol. The third kappa shape index (κ3) is 17.5. The SMILES string of the molecule is CCCOCCC(=O)N1CCN(Cc2ccc(C(=O)Cc3ccc(C)c(Cc4nccc(-c5cccnc5)n4)c3)cc2)CC1.COCCC(=O)N[C@H](C(=O)N1C[C@H](O)C[C@H]1C(=O)NCc1ccc(-c2scnc2C)cc1)C(C)(C)C. The van der Waals surface area contributed by atoms with Crippen LogP contribution in [0.25, 0.3) is 21.7 Å². The highest BCUT2D eigenvalue weighted by Crippen LogP contribution is 2.29. The number of aliphatic hydroxyl groups excluding tert-OH is 1. The van der Waals surface area contributed by atoms with Gasteiger partial charge in [0.2, 0.25) is 23.6 Å². The van der Waals surface area contributed by atoms with Gasteiger partial charge < -0.3 is 35.0 Å². The van der Waals surface area contributed by atoms with Gasteiger partial charge in [0.25, 0.3) is 0 Å². The summed E-state index contributed by atoms with van der Waals surface area (Å²) >= 11 is 1.58. The van der Waals surface area contributed by atoms with E-state index in [0.717, 1.165) is 94.6 Å². The maximum Gasteiger partial charge on any atom is 0.246 e. The number of aryl methyl sites for hydroxylation is 2. The first kappa shape index (κ1) is 60.5. The van der Waals surface area contributed by atoms with Crippen molar-refractivity contribution >= 4 is 40.7 Å². The van der Waals surface area contributed by atoms with Crippen molar-refractivity contribution in [1.82, 2.24) is 45.3 Å². The quantitative estimate of drug-likeness (QED) is 0.0443. The molecule has 4 amide bonds. The number of piperazine rings is 1. The Morgan fingerprint density at radius 1 is 0.838 bits per heavy atom. The molecule has 0 saturated carbocycles. The molecule has 0 bridgehead atoms. The van der Waals surface area contributed by atoms with Crippen LogP contribution in [0.15, 0.2) is 109 Å². The zero-order valence-electron chi connectivity index (χ0n) is 47.3. The van der Waals surface area contributed by atoms with Crippen LogP contribution >= 0.6 is 11.3 Å². The first-order valence-electron chi connectivity index (χ1n) is 27.5. The Bertz CT molecular complexity index is 2990. The van der Waals surface area contributed by atoms with Crippen molar-refractivity contribution < 1.29 is 38.6 Å². The van der Waals surface area contributed by atoms with Crippen molar-refractivity contribution in [2.75, 3.05) is 59.7 Å². The topological polar surface area (TPSA) is 209 Å². The second kappa shape index (κ2) is 29.4. The van der Waals surface area contributed by atoms with Gasteiger partial charge in [-0.15, -0.1) is 11.3 Å². The Morgan fingerprint density at radius 3 is 2.25 bits per heavy atom. The lowest BCUT2D eigenvalue weighted by molar-refractivity contribution is -0.144. The highest BCUT2D eigenvalue weighted by molar-refractivity contribution is 7.13. The average Bonchev–Trinajstić information content (AvgIpc) is 4.08. The first-order valence-corrected chi connectivity index (χ1v) is 28.4. The molecule has 2 aliphatic heterocycles. The maximum absolute atomic E-state index is 13.5. The first-order chi connectivity index (χ1) is 38.5. The van der Waals surface area contributed by atoms with Gasteiger partial charge in [-0.2, -0.15) is 0 Å². The predicted molar refractivity (Wildman–Crippen MR) is 309 cm³/mol. The summed E-state index contributed by atoms with van der Waals surface area (Å²) in [5, 5.41) is 16.0. The van der Waals surface area contributed by atoms with E-state index in [1.165, 1.54) is 17.6 Å². The number of Topliss-reactive ketones (excluding diaryl/α,β-unsaturated/α-hetero) is 1. The molecule has 0 unspecified atom stereocenters. The van der Waals surface area contributed by atoms with Crippen LogP contribution in [0, 0.1) is 19.3 Å². The van der Waals surface area contributed by atoms with Crippen LogP contribution < -0.4 is 10.6 Å². The lowest BCUT2D eigenvalue weighted by Gasteiger charge is -2.35. The van der Waals surface area contributed by atoms with Crippen LogP contribution in [0.1, 0.15) is 103 Å². The Morgan fingerprint density at radius 2 is 1.57 bits per heavy atom. The summed E-state index contributed by atoms with van der Waals surface area (Å²) < 4.78 is 10.4. The van der Waals surface area contributed by atoms with Crippen molar-refractivity contribution in [3.05, 3.63) is 154 Å². The monoisotopic (exact) mass is 1110 g/mol. The van der Waals surface area contributed by atoms with Gasteiger partial charge in [0.1, 0.15) is 17.9 Å². The van der Waals surface area contributed by atoms with E-state index in [2.05, 4.69) is 56.5 Å². The van der Waals surface area contributed by atoms with Gasteiger partial charge in [-0.1, -0.05) is 94.4 Å². The van der Waals surface area contributed by atoms with Crippen LogP contribution in [0.2, 0.25) is 0 Å². The van der Waals surface area contributed by atoms with Gasteiger partial charge in [-0.25, -0.2) is 15.0 Å². The number of nitrogens with zero attached hydrogens (tertiary/aromatic N) is 7. The summed E-state index contributed by atoms with van der Waals surface area (Å²) in [5.74, 6) is -0.0137. The van der Waals surface area contributed by atoms with Gasteiger partial charge in [0, 0.05) is 115 Å². The fourth-order valence-electron chi connectivity index (χ4n) is 9.62. The molecule has 3 aromatic heterocycles. The number of carbonyl (C=O) groups is 5. The van der Waals surface area contributed by atoms with Crippen molar-refractivity contribution in [1.29, 1.82) is 0 Å². The van der Waals surface area contributed by atoms with Crippen LogP contribution in [-0.2, 0) is 54.6 Å². The molecular formula is C62H77N9O8S. The fourth-order valence-corrected chi connectivity index (χ4v) is 10.4. The minimum atomic E-state index is -0.842. The molecule has 8 rings (SSSR count). The van der Waals surface area contributed by atoms with E-state index in [-0.39, 0.29) is 55.4 Å². The Balaban J connectivity index is 0.000000236. The Kier molecular flexibility index (Phi) is 22.2. The Labute approximate surface area is 474 Å². The zero-order chi connectivity index (χ0) is 57.2. The minimum Gasteiger partial charge on any atom is -0.391 e. The summed E-state index contributed by atoms with van der Waals surface area (Å²) in [4.78, 5) is 89.1. The van der Waals surface area contributed by atoms with Crippen molar-refractivity contribution in [2.24, 2.45) is 5.41 Å². The number of nitrogens with one attached hydrogen (secondary N) is 2. The van der Waals surface area contributed by atoms with Crippen LogP contribution in [0.3, 0.4) is 0 Å². The molecule has 424 valence electrons. The molecule has 5 heterocycles. The Hall–Kier alpha value is -7.09. The number of likely N-dealkylation sites (tertiary alicyclic amines) is 1. The third-order valence-electron chi connectivity index (χ3n) is 14.3. The summed E-state index contributed by atoms with van der Waals surface area (Å²) in [6, 6.07) is 26.2. The fraction of sp³-hybridized carbons (Fsp3) is 0.435. The van der Waals surface area contributed by atoms with Crippen LogP contribution in [-0.4, -0.2) is 147 Å². The number of carbonyl (C=O) groups excluding carboxylic acids is 5. The second-order valence-electron chi connectivity index (χ2n) is 21.5. The molecule has 0 aliphatic carbocycles. The number of aliphatic hydroxyl groups is 1. The van der Waals surface area contributed by atoms with E-state index >= 15 is 0 Å². The van der Waals surface area contributed by atoms with E-state index in [0.29, 0.717) is 44.6 Å². The number of benzene rings is 3. The van der Waals surface area contributed by atoms with Gasteiger partial charge in [0.05, 0.1) is 47.5 Å². The normalized spacial score (nSPS) is 15.9. The van der Waals surface area contributed by atoms with Crippen molar-refractivity contribution in [3.63, 3.8) is 0 Å². The lowest BCUT2D eigenvalue weighted by atomic mass is 9.85. The number of methoxy groups -OCH3 is 1. The van der Waals surface area contributed by atoms with Crippen LogP contribution in [0.4, 0.5) is 0 Å². The molecule has 3 atom stereocenters. The molecule has 3 N–H and O–H groups in total. The molecule has 0 spiro atoms. The average molecular weight is 1110 g/mol. The van der Waals surface area contributed by atoms with E-state index in [1.807, 2.05) is 111 Å². The minimum absolute atomic E-state index is 0.0420. The third-order valence-corrected chi connectivity index (χ3v) is 15.2. The van der Waals surface area contributed by atoms with E-state index in [4.69, 9.17) is 14.5 Å². The molecule has 17 nitrogen and oxygen atoms in total. The summed E-state index contributed by atoms with van der Waals surface area (Å²) in [7, 11) is 1.50. The molecule has 80 heavy (non-hydrogen) atoms. The van der Waals surface area contributed by atoms with E-state index in [1.54, 1.807) is 29.9 Å².